The molecule has 3 aromatic rings. The van der Waals surface area contributed by atoms with E-state index in [-0.39, 0.29) is 16.4 Å². The van der Waals surface area contributed by atoms with Gasteiger partial charge in [0.05, 0.1) is 15.6 Å². The van der Waals surface area contributed by atoms with Crippen LogP contribution in [-0.4, -0.2) is 14.8 Å². The van der Waals surface area contributed by atoms with Gasteiger partial charge in [0.25, 0.3) is 0 Å². The monoisotopic (exact) mass is 489 g/mol. The van der Waals surface area contributed by atoms with Crippen LogP contribution in [0.4, 0.5) is 4.39 Å². The van der Waals surface area contributed by atoms with Crippen LogP contribution in [0.3, 0.4) is 0 Å². The number of hydrogen-bond acceptors (Lipinski definition) is 2. The van der Waals surface area contributed by atoms with Crippen LogP contribution < -0.4 is 0 Å². The Labute approximate surface area is 207 Å². The number of aryl methyl sites for hydroxylation is 2. The number of benzene rings is 2. The van der Waals surface area contributed by atoms with E-state index in [4.69, 9.17) is 23.2 Å². The van der Waals surface area contributed by atoms with Gasteiger partial charge in [-0.15, -0.1) is 0 Å². The van der Waals surface area contributed by atoms with Crippen molar-refractivity contribution in [3.8, 4) is 22.8 Å². The minimum Gasteiger partial charge on any atom is -0.248 e. The zero-order valence-electron chi connectivity index (χ0n) is 19.7. The number of rotatable bonds is 13. The van der Waals surface area contributed by atoms with Gasteiger partial charge in [0.2, 0.25) is 0 Å². The minimum absolute atomic E-state index is 0.203. The van der Waals surface area contributed by atoms with Gasteiger partial charge >= 0.3 is 0 Å². The summed E-state index contributed by atoms with van der Waals surface area (Å²) in [6.07, 6.45) is 14.3. The van der Waals surface area contributed by atoms with Crippen LogP contribution in [0.25, 0.3) is 22.8 Å². The van der Waals surface area contributed by atoms with Crippen LogP contribution in [0.1, 0.15) is 76.7 Å². The first-order valence-electron chi connectivity index (χ1n) is 12.2. The van der Waals surface area contributed by atoms with E-state index in [1.165, 1.54) is 75.8 Å². The van der Waals surface area contributed by atoms with E-state index >= 15 is 0 Å². The number of halogens is 3. The highest BCUT2D eigenvalue weighted by atomic mass is 35.5. The Bertz CT molecular complexity index is 1010. The Kier molecular flexibility index (Phi) is 10.2. The van der Waals surface area contributed by atoms with E-state index in [0.29, 0.717) is 10.8 Å². The molecule has 0 N–H and O–H groups in total. The van der Waals surface area contributed by atoms with Gasteiger partial charge in [0, 0.05) is 12.6 Å². The lowest BCUT2D eigenvalue weighted by atomic mass is 10.0. The third-order valence-corrected chi connectivity index (χ3v) is 6.67. The van der Waals surface area contributed by atoms with Gasteiger partial charge in [-0.2, -0.15) is 5.10 Å². The molecule has 3 nitrogen and oxygen atoms in total. The Hall–Kier alpha value is -1.91. The molecule has 0 bridgehead atoms. The van der Waals surface area contributed by atoms with Crippen molar-refractivity contribution in [2.45, 2.75) is 77.6 Å². The van der Waals surface area contributed by atoms with E-state index in [1.807, 2.05) is 12.1 Å². The second kappa shape index (κ2) is 13.1. The highest BCUT2D eigenvalue weighted by Crippen LogP contribution is 2.32. The fraction of sp³-hybridized carbons (Fsp3) is 0.481. The normalized spacial score (nSPS) is 11.3. The van der Waals surface area contributed by atoms with Gasteiger partial charge in [-0.1, -0.05) is 100 Å². The van der Waals surface area contributed by atoms with Gasteiger partial charge in [-0.05, 0) is 42.7 Å². The molecule has 178 valence electrons. The highest BCUT2D eigenvalue weighted by Gasteiger charge is 2.18. The molecule has 33 heavy (non-hydrogen) atoms. The third-order valence-electron chi connectivity index (χ3n) is 6.04. The molecule has 1 aromatic heterocycles. The molecule has 0 aliphatic carbocycles. The molecular weight excluding hydrogens is 456 g/mol. The first-order chi connectivity index (χ1) is 16.0. The molecule has 0 amide bonds. The predicted molar refractivity (Wildman–Crippen MR) is 137 cm³/mol. The van der Waals surface area contributed by atoms with E-state index in [0.717, 1.165) is 12.0 Å². The summed E-state index contributed by atoms with van der Waals surface area (Å²) in [5.74, 6) is 0.388. The second-order valence-electron chi connectivity index (χ2n) is 8.73. The molecular formula is C27H34Cl2FN3. The summed E-state index contributed by atoms with van der Waals surface area (Å²) in [6, 6.07) is 10.6. The fourth-order valence-corrected chi connectivity index (χ4v) is 4.68. The van der Waals surface area contributed by atoms with Gasteiger partial charge in [-0.3, -0.25) is 0 Å². The first kappa shape index (κ1) is 25.7. The Morgan fingerprint density at radius 2 is 1.52 bits per heavy atom. The SMILES string of the molecule is CCCCCCCCCCCCc1ccc(-c2nc(-c3c(F)cccc3Cl)nn2C)c(Cl)c1. The Morgan fingerprint density at radius 3 is 2.15 bits per heavy atom. The summed E-state index contributed by atoms with van der Waals surface area (Å²) in [5, 5.41) is 5.28. The van der Waals surface area contributed by atoms with Crippen molar-refractivity contribution in [2.24, 2.45) is 7.05 Å². The molecule has 0 aliphatic heterocycles. The maximum Gasteiger partial charge on any atom is 0.186 e. The van der Waals surface area contributed by atoms with Crippen molar-refractivity contribution in [2.75, 3.05) is 0 Å². The van der Waals surface area contributed by atoms with Crippen LogP contribution in [0, 0.1) is 5.82 Å². The van der Waals surface area contributed by atoms with Crippen molar-refractivity contribution >= 4 is 23.2 Å². The summed E-state index contributed by atoms with van der Waals surface area (Å²) >= 11 is 12.8. The summed E-state index contributed by atoms with van der Waals surface area (Å²) in [5.41, 5.74) is 2.20. The van der Waals surface area contributed by atoms with Crippen molar-refractivity contribution in [3.63, 3.8) is 0 Å². The summed E-state index contributed by atoms with van der Waals surface area (Å²) < 4.78 is 15.9. The van der Waals surface area contributed by atoms with Crippen molar-refractivity contribution in [1.29, 1.82) is 0 Å². The quantitative estimate of drug-likeness (QED) is 0.224. The minimum atomic E-state index is -0.447. The van der Waals surface area contributed by atoms with Crippen LogP contribution in [0.15, 0.2) is 36.4 Å². The number of nitrogens with zero attached hydrogens (tertiary/aromatic N) is 3. The van der Waals surface area contributed by atoms with E-state index in [1.54, 1.807) is 23.9 Å². The molecule has 1 heterocycles. The summed E-state index contributed by atoms with van der Waals surface area (Å²) in [4.78, 5) is 4.53. The van der Waals surface area contributed by atoms with Crippen molar-refractivity contribution in [1.82, 2.24) is 14.8 Å². The molecule has 0 radical (unpaired) electrons. The smallest absolute Gasteiger partial charge is 0.186 e. The Morgan fingerprint density at radius 1 is 0.848 bits per heavy atom. The average Bonchev–Trinajstić information content (AvgIpc) is 3.15. The van der Waals surface area contributed by atoms with Crippen LogP contribution in [0.2, 0.25) is 10.0 Å². The number of hydrogen-bond donors (Lipinski definition) is 0. The zero-order valence-corrected chi connectivity index (χ0v) is 21.2. The van der Waals surface area contributed by atoms with Crippen LogP contribution >= 0.6 is 23.2 Å². The molecule has 0 unspecified atom stereocenters. The maximum absolute atomic E-state index is 14.3. The first-order valence-corrected chi connectivity index (χ1v) is 12.9. The molecule has 0 saturated heterocycles. The largest absolute Gasteiger partial charge is 0.248 e. The zero-order chi connectivity index (χ0) is 23.6. The summed E-state index contributed by atoms with van der Waals surface area (Å²) in [6.45, 7) is 2.26. The van der Waals surface area contributed by atoms with E-state index in [2.05, 4.69) is 23.1 Å². The number of unbranched alkanes of at least 4 members (excludes halogenated alkanes) is 9. The highest BCUT2D eigenvalue weighted by molar-refractivity contribution is 6.33. The van der Waals surface area contributed by atoms with Gasteiger partial charge in [0.15, 0.2) is 11.6 Å². The fourth-order valence-electron chi connectivity index (χ4n) is 4.15. The second-order valence-corrected chi connectivity index (χ2v) is 9.54. The maximum atomic E-state index is 14.3. The van der Waals surface area contributed by atoms with Crippen molar-refractivity contribution < 1.29 is 4.39 Å². The lowest BCUT2D eigenvalue weighted by Gasteiger charge is -2.07. The standard InChI is InChI=1S/C27H34Cl2FN3/c1-3-4-5-6-7-8-9-10-11-12-14-20-17-18-21(23(29)19-20)27-31-26(32-33(27)2)25-22(28)15-13-16-24(25)30/h13,15-19H,3-12,14H2,1-2H3. The lowest BCUT2D eigenvalue weighted by molar-refractivity contribution is 0.556. The molecule has 6 heteroatoms. The third kappa shape index (κ3) is 7.28. The van der Waals surface area contributed by atoms with Gasteiger partial charge < -0.3 is 0 Å². The predicted octanol–water partition coefficient (Wildman–Crippen LogP) is 9.06. The van der Waals surface area contributed by atoms with Gasteiger partial charge in [0.1, 0.15) is 5.82 Å². The van der Waals surface area contributed by atoms with E-state index < -0.39 is 5.82 Å². The van der Waals surface area contributed by atoms with Crippen molar-refractivity contribution in [3.05, 3.63) is 57.8 Å². The molecule has 0 spiro atoms. The molecule has 3 rings (SSSR count). The molecule has 0 saturated carbocycles. The summed E-state index contributed by atoms with van der Waals surface area (Å²) in [7, 11) is 1.77. The average molecular weight is 490 g/mol. The topological polar surface area (TPSA) is 30.7 Å². The molecule has 2 aromatic carbocycles. The Balaban J connectivity index is 1.53. The lowest BCUT2D eigenvalue weighted by Crippen LogP contribution is -1.96. The molecule has 0 aliphatic rings. The van der Waals surface area contributed by atoms with E-state index in [9.17, 15) is 4.39 Å². The number of aromatic nitrogens is 3. The molecule has 0 atom stereocenters. The molecule has 0 fully saturated rings. The van der Waals surface area contributed by atoms with Gasteiger partial charge in [-0.25, -0.2) is 14.1 Å². The van der Waals surface area contributed by atoms with Crippen LogP contribution in [-0.2, 0) is 13.5 Å². The van der Waals surface area contributed by atoms with Crippen LogP contribution in [0.5, 0.6) is 0 Å².